The van der Waals surface area contributed by atoms with Crippen LogP contribution in [-0.4, -0.2) is 40.0 Å². The van der Waals surface area contributed by atoms with Gasteiger partial charge in [0, 0.05) is 19.3 Å². The largest absolute Gasteiger partial charge is 0.478 e. The van der Waals surface area contributed by atoms with Crippen molar-refractivity contribution >= 4 is 11.9 Å². The number of pyridine rings is 1. The summed E-state index contributed by atoms with van der Waals surface area (Å²) in [5, 5.41) is 9.03. The van der Waals surface area contributed by atoms with Gasteiger partial charge >= 0.3 is 5.97 Å². The van der Waals surface area contributed by atoms with Gasteiger partial charge in [0.2, 0.25) is 0 Å². The molecule has 0 aliphatic carbocycles. The van der Waals surface area contributed by atoms with Crippen LogP contribution in [0, 0.1) is 0 Å². The molecule has 1 aromatic rings. The minimum Gasteiger partial charge on any atom is -0.478 e. The summed E-state index contributed by atoms with van der Waals surface area (Å²) in [7, 11) is 0. The molecule has 0 unspecified atom stereocenters. The highest BCUT2D eigenvalue weighted by Crippen LogP contribution is 2.14. The molecule has 18 heavy (non-hydrogen) atoms. The van der Waals surface area contributed by atoms with E-state index in [4.69, 9.17) is 5.11 Å². The second-order valence-corrected chi connectivity index (χ2v) is 4.26. The van der Waals surface area contributed by atoms with Crippen molar-refractivity contribution in [1.82, 2.24) is 9.88 Å². The van der Waals surface area contributed by atoms with E-state index in [1.807, 2.05) is 13.0 Å². The second-order valence-electron chi connectivity index (χ2n) is 4.26. The zero-order chi connectivity index (χ0) is 13.1. The Morgan fingerprint density at radius 3 is 2.83 bits per heavy atom. The number of aromatic nitrogens is 1. The molecule has 5 heteroatoms. The van der Waals surface area contributed by atoms with Crippen LogP contribution in [0.3, 0.4) is 0 Å². The van der Waals surface area contributed by atoms with Gasteiger partial charge < -0.3 is 10.0 Å². The van der Waals surface area contributed by atoms with Crippen LogP contribution < -0.4 is 0 Å². The van der Waals surface area contributed by atoms with Crippen molar-refractivity contribution in [2.24, 2.45) is 0 Å². The molecule has 1 N–H and O–H groups in total. The number of carboxylic acids is 1. The Morgan fingerprint density at radius 1 is 1.44 bits per heavy atom. The maximum atomic E-state index is 12.2. The number of hydrogen-bond acceptors (Lipinski definition) is 3. The van der Waals surface area contributed by atoms with Crippen LogP contribution in [0.1, 0.15) is 34.2 Å². The molecule has 0 fully saturated rings. The first kappa shape index (κ1) is 12.3. The van der Waals surface area contributed by atoms with Gasteiger partial charge in [0.1, 0.15) is 5.69 Å². The van der Waals surface area contributed by atoms with Crippen molar-refractivity contribution < 1.29 is 14.7 Å². The van der Waals surface area contributed by atoms with Crippen molar-refractivity contribution in [2.45, 2.75) is 13.3 Å². The Morgan fingerprint density at radius 2 is 2.22 bits per heavy atom. The molecule has 0 bridgehead atoms. The number of amides is 1. The maximum absolute atomic E-state index is 12.2. The molecular formula is C13H14N2O3. The first-order valence-electron chi connectivity index (χ1n) is 5.73. The Kier molecular flexibility index (Phi) is 3.41. The first-order valence-corrected chi connectivity index (χ1v) is 5.73. The molecule has 0 radical (unpaired) electrons. The van der Waals surface area contributed by atoms with E-state index >= 15 is 0 Å². The highest BCUT2D eigenvalue weighted by atomic mass is 16.4. The summed E-state index contributed by atoms with van der Waals surface area (Å²) < 4.78 is 0. The van der Waals surface area contributed by atoms with Crippen LogP contribution in [-0.2, 0) is 0 Å². The average molecular weight is 246 g/mol. The van der Waals surface area contributed by atoms with E-state index < -0.39 is 5.97 Å². The monoisotopic (exact) mass is 246 g/mol. The third-order valence-corrected chi connectivity index (χ3v) is 2.96. The number of nitrogens with zero attached hydrogens (tertiary/aromatic N) is 2. The van der Waals surface area contributed by atoms with E-state index in [-0.39, 0.29) is 17.2 Å². The van der Waals surface area contributed by atoms with E-state index in [2.05, 4.69) is 4.98 Å². The zero-order valence-corrected chi connectivity index (χ0v) is 10.1. The number of aromatic carboxylic acids is 1. The van der Waals surface area contributed by atoms with Gasteiger partial charge in [-0.3, -0.25) is 9.78 Å². The predicted octanol–water partition coefficient (Wildman–Crippen LogP) is 1.57. The van der Waals surface area contributed by atoms with Gasteiger partial charge in [-0.1, -0.05) is 11.6 Å². The second kappa shape index (κ2) is 5.00. The molecule has 2 heterocycles. The number of hydrogen-bond donors (Lipinski definition) is 1. The Labute approximate surface area is 105 Å². The molecule has 94 valence electrons. The number of carboxylic acid groups (broad SMARTS) is 1. The fraction of sp³-hybridized carbons (Fsp3) is 0.308. The van der Waals surface area contributed by atoms with Gasteiger partial charge in [-0.05, 0) is 25.5 Å². The normalized spacial score (nSPS) is 15.2. The summed E-state index contributed by atoms with van der Waals surface area (Å²) >= 11 is 0. The molecular weight excluding hydrogens is 232 g/mol. The highest BCUT2D eigenvalue weighted by Gasteiger charge is 2.23. The lowest BCUT2D eigenvalue weighted by atomic mass is 10.1. The summed E-state index contributed by atoms with van der Waals surface area (Å²) in [5.41, 5.74) is 1.21. The number of carbonyl (C=O) groups excluding carboxylic acids is 1. The van der Waals surface area contributed by atoms with Gasteiger partial charge in [-0.25, -0.2) is 4.79 Å². The Bertz CT molecular complexity index is 523. The summed E-state index contributed by atoms with van der Waals surface area (Å²) in [6.07, 6.45) is 4.23. The maximum Gasteiger partial charge on any atom is 0.338 e. The lowest BCUT2D eigenvalue weighted by molar-refractivity contribution is 0.0675. The van der Waals surface area contributed by atoms with Gasteiger partial charge in [-0.15, -0.1) is 0 Å². The minimum atomic E-state index is -1.13. The molecule has 0 saturated heterocycles. The van der Waals surface area contributed by atoms with Crippen molar-refractivity contribution in [3.05, 3.63) is 41.2 Å². The van der Waals surface area contributed by atoms with E-state index in [1.165, 1.54) is 23.9 Å². The lowest BCUT2D eigenvalue weighted by Crippen LogP contribution is -2.36. The first-order chi connectivity index (χ1) is 8.59. The van der Waals surface area contributed by atoms with E-state index in [0.29, 0.717) is 13.1 Å². The van der Waals surface area contributed by atoms with Crippen LogP contribution in [0.25, 0.3) is 0 Å². The van der Waals surface area contributed by atoms with Crippen molar-refractivity contribution in [3.8, 4) is 0 Å². The quantitative estimate of drug-likeness (QED) is 0.804. The zero-order valence-electron chi connectivity index (χ0n) is 10.1. The fourth-order valence-corrected chi connectivity index (χ4v) is 1.85. The van der Waals surface area contributed by atoms with Gasteiger partial charge in [-0.2, -0.15) is 0 Å². The summed E-state index contributed by atoms with van der Waals surface area (Å²) in [5.74, 6) is -1.45. The third kappa shape index (κ3) is 2.40. The van der Waals surface area contributed by atoms with E-state index in [0.717, 1.165) is 6.42 Å². The van der Waals surface area contributed by atoms with Gasteiger partial charge in [0.25, 0.3) is 5.91 Å². The molecule has 0 aromatic carbocycles. The van der Waals surface area contributed by atoms with Crippen LogP contribution in [0.2, 0.25) is 0 Å². The fourth-order valence-electron chi connectivity index (χ4n) is 1.85. The molecule has 1 amide bonds. The molecule has 0 spiro atoms. The van der Waals surface area contributed by atoms with Gasteiger partial charge in [0.05, 0.1) is 5.56 Å². The molecule has 0 atom stereocenters. The van der Waals surface area contributed by atoms with Crippen LogP contribution >= 0.6 is 0 Å². The third-order valence-electron chi connectivity index (χ3n) is 2.96. The lowest BCUT2D eigenvalue weighted by Gasteiger charge is -2.25. The van der Waals surface area contributed by atoms with Crippen LogP contribution in [0.5, 0.6) is 0 Å². The van der Waals surface area contributed by atoms with Crippen LogP contribution in [0.15, 0.2) is 30.0 Å². The SMILES string of the molecule is CC1=CCN(C(=O)c2ncccc2C(=O)O)CC1. The summed E-state index contributed by atoms with van der Waals surface area (Å²) in [6, 6.07) is 2.91. The summed E-state index contributed by atoms with van der Waals surface area (Å²) in [4.78, 5) is 28.8. The average Bonchev–Trinajstić information content (AvgIpc) is 2.39. The number of carbonyl (C=O) groups is 2. The topological polar surface area (TPSA) is 70.5 Å². The predicted molar refractivity (Wildman–Crippen MR) is 65.5 cm³/mol. The smallest absolute Gasteiger partial charge is 0.338 e. The van der Waals surface area contributed by atoms with Crippen molar-refractivity contribution in [1.29, 1.82) is 0 Å². The van der Waals surface area contributed by atoms with Crippen molar-refractivity contribution in [2.75, 3.05) is 13.1 Å². The number of rotatable bonds is 2. The Hall–Kier alpha value is -2.17. The summed E-state index contributed by atoms with van der Waals surface area (Å²) in [6.45, 7) is 3.14. The Balaban J connectivity index is 2.27. The minimum absolute atomic E-state index is 0.0120. The highest BCUT2D eigenvalue weighted by molar-refractivity contribution is 6.03. The standard InChI is InChI=1S/C13H14N2O3/c1-9-4-7-15(8-5-9)12(16)11-10(13(17)18)3-2-6-14-11/h2-4,6H,5,7-8H2,1H3,(H,17,18). The molecule has 5 nitrogen and oxygen atoms in total. The molecule has 1 aromatic heterocycles. The van der Waals surface area contributed by atoms with Crippen LogP contribution in [0.4, 0.5) is 0 Å². The van der Waals surface area contributed by atoms with E-state index in [9.17, 15) is 9.59 Å². The molecule has 1 aliphatic rings. The molecule has 0 saturated carbocycles. The molecule has 2 rings (SSSR count). The van der Waals surface area contributed by atoms with E-state index in [1.54, 1.807) is 4.90 Å². The molecule has 1 aliphatic heterocycles. The van der Waals surface area contributed by atoms with Crippen molar-refractivity contribution in [3.63, 3.8) is 0 Å². The van der Waals surface area contributed by atoms with Gasteiger partial charge in [0.15, 0.2) is 0 Å².